The number of benzene rings is 2. The lowest BCUT2D eigenvalue weighted by Crippen LogP contribution is -2.00. The van der Waals surface area contributed by atoms with Gasteiger partial charge in [-0.25, -0.2) is 8.78 Å². The van der Waals surface area contributed by atoms with Gasteiger partial charge in [0.15, 0.2) is 23.1 Å². The van der Waals surface area contributed by atoms with Gasteiger partial charge in [-0.3, -0.25) is 0 Å². The van der Waals surface area contributed by atoms with Gasteiger partial charge >= 0.3 is 0 Å². The first-order chi connectivity index (χ1) is 10.0. The molecule has 2 aromatic carbocycles. The van der Waals surface area contributed by atoms with E-state index in [1.165, 1.54) is 13.2 Å². The SMILES string of the molecule is CCOc1ccc(-c2ccc(OC)c(F)c2F)c(F)c1F. The van der Waals surface area contributed by atoms with Crippen molar-refractivity contribution in [3.8, 4) is 22.6 Å². The van der Waals surface area contributed by atoms with Crippen LogP contribution in [0.25, 0.3) is 11.1 Å². The van der Waals surface area contributed by atoms with Gasteiger partial charge in [0.2, 0.25) is 11.6 Å². The van der Waals surface area contributed by atoms with Gasteiger partial charge in [0.25, 0.3) is 0 Å². The fourth-order valence-electron chi connectivity index (χ4n) is 1.90. The van der Waals surface area contributed by atoms with Crippen molar-refractivity contribution in [2.75, 3.05) is 13.7 Å². The van der Waals surface area contributed by atoms with Crippen LogP contribution >= 0.6 is 0 Å². The second kappa shape index (κ2) is 6.03. The lowest BCUT2D eigenvalue weighted by molar-refractivity contribution is 0.314. The van der Waals surface area contributed by atoms with Gasteiger partial charge in [-0.15, -0.1) is 0 Å². The van der Waals surface area contributed by atoms with Gasteiger partial charge in [0.05, 0.1) is 13.7 Å². The van der Waals surface area contributed by atoms with Crippen LogP contribution in [0.5, 0.6) is 11.5 Å². The Hall–Kier alpha value is -2.24. The average Bonchev–Trinajstić information content (AvgIpc) is 2.48. The van der Waals surface area contributed by atoms with E-state index < -0.39 is 34.4 Å². The first-order valence-corrected chi connectivity index (χ1v) is 6.14. The van der Waals surface area contributed by atoms with Crippen LogP contribution in [-0.4, -0.2) is 13.7 Å². The van der Waals surface area contributed by atoms with Crippen molar-refractivity contribution in [3.05, 3.63) is 47.5 Å². The summed E-state index contributed by atoms with van der Waals surface area (Å²) in [7, 11) is 1.18. The average molecular weight is 300 g/mol. The molecule has 0 unspecified atom stereocenters. The van der Waals surface area contributed by atoms with Crippen molar-refractivity contribution in [2.45, 2.75) is 6.92 Å². The van der Waals surface area contributed by atoms with E-state index in [-0.39, 0.29) is 18.1 Å². The minimum atomic E-state index is -1.31. The van der Waals surface area contributed by atoms with Gasteiger partial charge in [-0.05, 0) is 31.2 Å². The fourth-order valence-corrected chi connectivity index (χ4v) is 1.90. The Balaban J connectivity index is 2.58. The molecular weight excluding hydrogens is 288 g/mol. The van der Waals surface area contributed by atoms with E-state index in [0.29, 0.717) is 0 Å². The maximum Gasteiger partial charge on any atom is 0.201 e. The molecule has 0 saturated carbocycles. The van der Waals surface area contributed by atoms with Gasteiger partial charge in [0, 0.05) is 11.1 Å². The molecule has 0 amide bonds. The summed E-state index contributed by atoms with van der Waals surface area (Å²) in [5.74, 6) is -5.72. The number of halogens is 4. The molecule has 0 heterocycles. The van der Waals surface area contributed by atoms with E-state index in [4.69, 9.17) is 4.74 Å². The van der Waals surface area contributed by atoms with Crippen LogP contribution in [0.1, 0.15) is 6.92 Å². The molecule has 2 rings (SSSR count). The maximum absolute atomic E-state index is 14.0. The first kappa shape index (κ1) is 15.2. The van der Waals surface area contributed by atoms with Crippen LogP contribution in [0.3, 0.4) is 0 Å². The van der Waals surface area contributed by atoms with E-state index in [1.807, 2.05) is 0 Å². The van der Waals surface area contributed by atoms with E-state index in [0.717, 1.165) is 18.2 Å². The predicted molar refractivity (Wildman–Crippen MR) is 69.4 cm³/mol. The topological polar surface area (TPSA) is 18.5 Å². The summed E-state index contributed by atoms with van der Waals surface area (Å²) in [4.78, 5) is 0. The molecule has 0 aromatic heterocycles. The molecule has 0 fully saturated rings. The summed E-state index contributed by atoms with van der Waals surface area (Å²) in [5, 5.41) is 0. The Bertz CT molecular complexity index is 671. The van der Waals surface area contributed by atoms with Crippen LogP contribution in [0.4, 0.5) is 17.6 Å². The zero-order valence-electron chi connectivity index (χ0n) is 11.3. The Morgan fingerprint density at radius 3 is 1.71 bits per heavy atom. The molecule has 0 saturated heterocycles. The second-order valence-corrected chi connectivity index (χ2v) is 4.12. The van der Waals surface area contributed by atoms with Gasteiger partial charge in [-0.2, -0.15) is 8.78 Å². The molecule has 0 N–H and O–H groups in total. The van der Waals surface area contributed by atoms with Crippen molar-refractivity contribution in [1.82, 2.24) is 0 Å². The molecule has 0 bridgehead atoms. The summed E-state index contributed by atoms with van der Waals surface area (Å²) >= 11 is 0. The largest absolute Gasteiger partial charge is 0.494 e. The van der Waals surface area contributed by atoms with Crippen molar-refractivity contribution in [1.29, 1.82) is 0 Å². The molecular formula is C15H12F4O2. The highest BCUT2D eigenvalue weighted by Gasteiger charge is 2.21. The van der Waals surface area contributed by atoms with Gasteiger partial charge < -0.3 is 9.47 Å². The fraction of sp³-hybridized carbons (Fsp3) is 0.200. The zero-order chi connectivity index (χ0) is 15.6. The van der Waals surface area contributed by atoms with Gasteiger partial charge in [0.1, 0.15) is 0 Å². The van der Waals surface area contributed by atoms with Crippen LogP contribution in [0.15, 0.2) is 24.3 Å². The number of hydrogen-bond acceptors (Lipinski definition) is 2. The van der Waals surface area contributed by atoms with Crippen LogP contribution in [0.2, 0.25) is 0 Å². The molecule has 112 valence electrons. The minimum Gasteiger partial charge on any atom is -0.494 e. The van der Waals surface area contributed by atoms with Crippen LogP contribution in [0, 0.1) is 23.3 Å². The molecule has 2 nitrogen and oxygen atoms in total. The maximum atomic E-state index is 14.0. The summed E-state index contributed by atoms with van der Waals surface area (Å²) in [6.07, 6.45) is 0. The van der Waals surface area contributed by atoms with Crippen LogP contribution < -0.4 is 9.47 Å². The highest BCUT2D eigenvalue weighted by Crippen LogP contribution is 2.34. The molecule has 0 aliphatic heterocycles. The molecule has 6 heteroatoms. The predicted octanol–water partition coefficient (Wildman–Crippen LogP) is 4.32. The second-order valence-electron chi connectivity index (χ2n) is 4.12. The van der Waals surface area contributed by atoms with E-state index in [2.05, 4.69) is 4.74 Å². The third-order valence-electron chi connectivity index (χ3n) is 2.90. The monoisotopic (exact) mass is 300 g/mol. The van der Waals surface area contributed by atoms with E-state index >= 15 is 0 Å². The highest BCUT2D eigenvalue weighted by atomic mass is 19.2. The quantitative estimate of drug-likeness (QED) is 0.783. The lowest BCUT2D eigenvalue weighted by Gasteiger charge is -2.11. The van der Waals surface area contributed by atoms with Crippen molar-refractivity contribution >= 4 is 0 Å². The Morgan fingerprint density at radius 2 is 1.24 bits per heavy atom. The first-order valence-electron chi connectivity index (χ1n) is 6.14. The molecule has 0 aliphatic rings. The summed E-state index contributed by atoms with van der Waals surface area (Å²) in [6.45, 7) is 1.77. The molecule has 0 aliphatic carbocycles. The summed E-state index contributed by atoms with van der Waals surface area (Å²) < 4.78 is 64.8. The van der Waals surface area contributed by atoms with Gasteiger partial charge in [-0.1, -0.05) is 0 Å². The van der Waals surface area contributed by atoms with Crippen molar-refractivity contribution in [2.24, 2.45) is 0 Å². The standard InChI is InChI=1S/C15H12F4O2/c1-3-21-11-7-5-9(13(17)15(11)19)8-4-6-10(20-2)14(18)12(8)16/h4-7H,3H2,1-2H3. The molecule has 21 heavy (non-hydrogen) atoms. The third-order valence-corrected chi connectivity index (χ3v) is 2.90. The van der Waals surface area contributed by atoms with Crippen molar-refractivity contribution < 1.29 is 27.0 Å². The highest BCUT2D eigenvalue weighted by molar-refractivity contribution is 5.67. The number of rotatable bonds is 4. The minimum absolute atomic E-state index is 0.154. The van der Waals surface area contributed by atoms with E-state index in [9.17, 15) is 17.6 Å². The number of methoxy groups -OCH3 is 1. The van der Waals surface area contributed by atoms with E-state index in [1.54, 1.807) is 6.92 Å². The molecule has 0 radical (unpaired) electrons. The van der Waals surface area contributed by atoms with Crippen molar-refractivity contribution in [3.63, 3.8) is 0 Å². The summed E-state index contributed by atoms with van der Waals surface area (Å²) in [5.41, 5.74) is -0.789. The Morgan fingerprint density at radius 1 is 0.762 bits per heavy atom. The molecule has 0 spiro atoms. The Kier molecular flexibility index (Phi) is 4.35. The van der Waals surface area contributed by atoms with Crippen LogP contribution in [-0.2, 0) is 0 Å². The lowest BCUT2D eigenvalue weighted by atomic mass is 10.0. The smallest absolute Gasteiger partial charge is 0.201 e. The Labute approximate surface area is 118 Å². The number of hydrogen-bond donors (Lipinski definition) is 0. The normalized spacial score (nSPS) is 10.6. The summed E-state index contributed by atoms with van der Waals surface area (Å²) in [6, 6.07) is 4.56. The molecule has 2 aromatic rings. The molecule has 0 atom stereocenters. The zero-order valence-corrected chi connectivity index (χ0v) is 11.3. The third kappa shape index (κ3) is 2.66. The number of ether oxygens (including phenoxy) is 2.